The van der Waals surface area contributed by atoms with Crippen LogP contribution in [0.4, 0.5) is 4.39 Å². The summed E-state index contributed by atoms with van der Waals surface area (Å²) in [6.45, 7) is 1.35. The van der Waals surface area contributed by atoms with E-state index >= 15 is 0 Å². The Morgan fingerprint density at radius 1 is 1.57 bits per heavy atom. The number of carbonyl (C=O) groups is 1. The highest BCUT2D eigenvalue weighted by Crippen LogP contribution is 2.36. The van der Waals surface area contributed by atoms with Gasteiger partial charge in [0.25, 0.3) is 0 Å². The fourth-order valence-electron chi connectivity index (χ4n) is 3.06. The number of aryl methyl sites for hydroxylation is 1. The normalized spacial score (nSPS) is 16.8. The zero-order chi connectivity index (χ0) is 16.4. The number of esters is 1. The predicted octanol–water partition coefficient (Wildman–Crippen LogP) is 3.08. The zero-order valence-electron chi connectivity index (χ0n) is 12.8. The van der Waals surface area contributed by atoms with E-state index in [0.29, 0.717) is 37.1 Å². The molecule has 0 aliphatic carbocycles. The molecule has 1 N–H and O–H groups in total. The number of nitriles is 1. The average molecular weight is 316 g/mol. The molecule has 1 aromatic heterocycles. The molecule has 3 rings (SSSR count). The summed E-state index contributed by atoms with van der Waals surface area (Å²) in [5.41, 5.74) is 3.93. The molecule has 0 spiro atoms. The summed E-state index contributed by atoms with van der Waals surface area (Å²) < 4.78 is 23.2. The van der Waals surface area contributed by atoms with E-state index in [1.807, 2.05) is 6.07 Å². The van der Waals surface area contributed by atoms with Gasteiger partial charge in [-0.2, -0.15) is 5.26 Å². The van der Waals surface area contributed by atoms with Crippen LogP contribution in [0.1, 0.15) is 42.0 Å². The Kier molecular flexibility index (Phi) is 4.30. The van der Waals surface area contributed by atoms with Crippen LogP contribution < -0.4 is 0 Å². The van der Waals surface area contributed by atoms with Gasteiger partial charge in [-0.15, -0.1) is 0 Å². The lowest BCUT2D eigenvalue weighted by Crippen LogP contribution is -2.20. The maximum atomic E-state index is 12.5. The van der Waals surface area contributed by atoms with Crippen molar-refractivity contribution < 1.29 is 18.7 Å². The molecule has 0 bridgehead atoms. The van der Waals surface area contributed by atoms with E-state index in [4.69, 9.17) is 9.47 Å². The number of hydrogen-bond donors (Lipinski definition) is 1. The number of aromatic amines is 1. The van der Waals surface area contributed by atoms with Crippen molar-refractivity contribution in [2.24, 2.45) is 0 Å². The number of rotatable bonds is 4. The third-order valence-corrected chi connectivity index (χ3v) is 4.01. The minimum Gasteiger partial charge on any atom is -0.430 e. The molecule has 0 amide bonds. The van der Waals surface area contributed by atoms with E-state index in [1.54, 1.807) is 6.07 Å². The number of halogens is 1. The average Bonchev–Trinajstić information content (AvgIpc) is 2.93. The first kappa shape index (κ1) is 15.5. The zero-order valence-corrected chi connectivity index (χ0v) is 12.8. The van der Waals surface area contributed by atoms with Gasteiger partial charge in [0.1, 0.15) is 0 Å². The van der Waals surface area contributed by atoms with Crippen LogP contribution in [-0.4, -0.2) is 24.2 Å². The van der Waals surface area contributed by atoms with Crippen molar-refractivity contribution in [1.29, 1.82) is 5.26 Å². The van der Waals surface area contributed by atoms with Crippen molar-refractivity contribution in [3.05, 3.63) is 34.5 Å². The number of nitrogens with zero attached hydrogens (tertiary/aromatic N) is 1. The molecule has 0 fully saturated rings. The van der Waals surface area contributed by atoms with E-state index < -0.39 is 12.3 Å². The first-order valence-electron chi connectivity index (χ1n) is 7.57. The Morgan fingerprint density at radius 2 is 2.39 bits per heavy atom. The summed E-state index contributed by atoms with van der Waals surface area (Å²) in [5.74, 6) is -0.431. The molecular weight excluding hydrogens is 299 g/mol. The van der Waals surface area contributed by atoms with Crippen LogP contribution >= 0.6 is 0 Å². The molecule has 0 radical (unpaired) electrons. The largest absolute Gasteiger partial charge is 0.430 e. The van der Waals surface area contributed by atoms with Gasteiger partial charge in [-0.25, -0.2) is 0 Å². The molecule has 1 aliphatic heterocycles. The van der Waals surface area contributed by atoms with Gasteiger partial charge >= 0.3 is 5.97 Å². The lowest BCUT2D eigenvalue weighted by Gasteiger charge is -2.22. The SMILES string of the molecule is CC(=O)OC1OCCc2c1[nH]c1c(CCCF)ccc(C#N)c21. The Labute approximate surface area is 133 Å². The minimum atomic E-state index is -0.788. The molecule has 1 aliphatic rings. The third kappa shape index (κ3) is 2.80. The second kappa shape index (κ2) is 6.39. The first-order chi connectivity index (χ1) is 11.2. The van der Waals surface area contributed by atoms with Gasteiger partial charge in [-0.1, -0.05) is 6.07 Å². The van der Waals surface area contributed by atoms with Gasteiger partial charge in [0.2, 0.25) is 6.29 Å². The van der Waals surface area contributed by atoms with E-state index in [1.165, 1.54) is 6.92 Å². The smallest absolute Gasteiger partial charge is 0.305 e. The molecule has 1 atom stereocenters. The predicted molar refractivity (Wildman–Crippen MR) is 81.5 cm³/mol. The Bertz CT molecular complexity index is 791. The molecule has 1 aromatic carbocycles. The van der Waals surface area contributed by atoms with Crippen LogP contribution in [0.25, 0.3) is 10.9 Å². The molecule has 23 heavy (non-hydrogen) atoms. The van der Waals surface area contributed by atoms with Gasteiger partial charge in [0.15, 0.2) is 0 Å². The van der Waals surface area contributed by atoms with Crippen LogP contribution in [-0.2, 0) is 27.1 Å². The monoisotopic (exact) mass is 316 g/mol. The van der Waals surface area contributed by atoms with Gasteiger partial charge in [0, 0.05) is 12.3 Å². The quantitative estimate of drug-likeness (QED) is 0.880. The number of nitrogens with one attached hydrogen (secondary N) is 1. The Hall–Kier alpha value is -2.39. The molecule has 2 aromatic rings. The van der Waals surface area contributed by atoms with Crippen molar-refractivity contribution in [3.8, 4) is 6.07 Å². The summed E-state index contributed by atoms with van der Waals surface area (Å²) in [6.07, 6.45) is 0.851. The third-order valence-electron chi connectivity index (χ3n) is 4.01. The standard InChI is InChI=1S/C17H17FN2O3/c1-10(21)23-17-16-13(6-8-22-17)14-12(9-19)5-4-11(3-2-7-18)15(14)20-16/h4-5,17,20H,2-3,6-8H2,1H3. The van der Waals surface area contributed by atoms with Crippen LogP contribution in [0.2, 0.25) is 0 Å². The van der Waals surface area contributed by atoms with Crippen molar-refractivity contribution in [2.75, 3.05) is 13.3 Å². The van der Waals surface area contributed by atoms with Gasteiger partial charge < -0.3 is 14.5 Å². The highest BCUT2D eigenvalue weighted by molar-refractivity contribution is 5.92. The van der Waals surface area contributed by atoms with Gasteiger partial charge in [-0.05, 0) is 36.5 Å². The van der Waals surface area contributed by atoms with Crippen LogP contribution in [0.5, 0.6) is 0 Å². The number of aromatic nitrogens is 1. The van der Waals surface area contributed by atoms with Gasteiger partial charge in [-0.3, -0.25) is 9.18 Å². The topological polar surface area (TPSA) is 75.1 Å². The molecule has 6 heteroatoms. The Morgan fingerprint density at radius 3 is 3.09 bits per heavy atom. The first-order valence-corrected chi connectivity index (χ1v) is 7.57. The van der Waals surface area contributed by atoms with Gasteiger partial charge in [0.05, 0.1) is 36.1 Å². The second-order valence-electron chi connectivity index (χ2n) is 5.51. The summed E-state index contributed by atoms with van der Waals surface area (Å²) in [7, 11) is 0. The number of fused-ring (bicyclic) bond motifs is 3. The lowest BCUT2D eigenvalue weighted by atomic mass is 9.98. The van der Waals surface area contributed by atoms with E-state index in [-0.39, 0.29) is 6.67 Å². The molecular formula is C17H17FN2O3. The van der Waals surface area contributed by atoms with E-state index in [2.05, 4.69) is 11.1 Å². The van der Waals surface area contributed by atoms with E-state index in [0.717, 1.165) is 22.0 Å². The number of benzene rings is 1. The maximum Gasteiger partial charge on any atom is 0.305 e. The summed E-state index contributed by atoms with van der Waals surface area (Å²) in [4.78, 5) is 14.5. The fourth-order valence-corrected chi connectivity index (χ4v) is 3.06. The maximum absolute atomic E-state index is 12.5. The van der Waals surface area contributed by atoms with Crippen molar-refractivity contribution in [2.45, 2.75) is 32.5 Å². The number of ether oxygens (including phenoxy) is 2. The number of alkyl halides is 1. The molecule has 120 valence electrons. The Balaban J connectivity index is 2.16. The van der Waals surface area contributed by atoms with Crippen molar-refractivity contribution in [1.82, 2.24) is 4.98 Å². The lowest BCUT2D eigenvalue weighted by molar-refractivity contribution is -0.181. The molecule has 2 heterocycles. The number of carbonyl (C=O) groups excluding carboxylic acids is 1. The van der Waals surface area contributed by atoms with E-state index in [9.17, 15) is 14.4 Å². The molecule has 1 unspecified atom stereocenters. The number of H-pyrrole nitrogens is 1. The van der Waals surface area contributed by atoms with Crippen LogP contribution in [0.15, 0.2) is 12.1 Å². The molecule has 0 saturated heterocycles. The highest BCUT2D eigenvalue weighted by Gasteiger charge is 2.29. The summed E-state index contributed by atoms with van der Waals surface area (Å²) >= 11 is 0. The summed E-state index contributed by atoms with van der Waals surface area (Å²) in [6, 6.07) is 5.81. The molecule has 0 saturated carbocycles. The number of hydrogen-bond acceptors (Lipinski definition) is 4. The fraction of sp³-hybridized carbons (Fsp3) is 0.412. The van der Waals surface area contributed by atoms with Crippen molar-refractivity contribution >= 4 is 16.9 Å². The summed E-state index contributed by atoms with van der Waals surface area (Å²) in [5, 5.41) is 10.2. The minimum absolute atomic E-state index is 0.388. The second-order valence-corrected chi connectivity index (χ2v) is 5.51. The molecule has 5 nitrogen and oxygen atoms in total. The van der Waals surface area contributed by atoms with Crippen LogP contribution in [0, 0.1) is 11.3 Å². The highest BCUT2D eigenvalue weighted by atomic mass is 19.1. The van der Waals surface area contributed by atoms with Crippen molar-refractivity contribution in [3.63, 3.8) is 0 Å². The van der Waals surface area contributed by atoms with Crippen LogP contribution in [0.3, 0.4) is 0 Å².